The Morgan fingerprint density at radius 1 is 1.04 bits per heavy atom. The molecule has 2 atom stereocenters. The Kier molecular flexibility index (Phi) is 5.87. The molecule has 5 nitrogen and oxygen atoms in total. The summed E-state index contributed by atoms with van der Waals surface area (Å²) < 4.78 is 0. The van der Waals surface area contributed by atoms with E-state index in [1.165, 1.54) is 32.4 Å². The van der Waals surface area contributed by atoms with Gasteiger partial charge in [0.15, 0.2) is 0 Å². The first-order chi connectivity index (χ1) is 11.7. The first-order valence-corrected chi connectivity index (χ1v) is 9.04. The van der Waals surface area contributed by atoms with Crippen LogP contribution in [0.4, 0.5) is 0 Å². The third-order valence-corrected chi connectivity index (χ3v) is 5.47. The maximum absolute atomic E-state index is 11.4. The molecule has 1 aromatic carbocycles. The third-order valence-electron chi connectivity index (χ3n) is 5.47. The van der Waals surface area contributed by atoms with Crippen molar-refractivity contribution in [1.29, 1.82) is 0 Å². The molecule has 0 saturated carbocycles. The van der Waals surface area contributed by atoms with Crippen LogP contribution in [0.1, 0.15) is 35.2 Å². The highest BCUT2D eigenvalue weighted by molar-refractivity contribution is 5.89. The molecule has 3 rings (SSSR count). The van der Waals surface area contributed by atoms with Crippen LogP contribution in [0, 0.1) is 11.8 Å². The van der Waals surface area contributed by atoms with E-state index in [0.29, 0.717) is 23.9 Å². The highest BCUT2D eigenvalue weighted by atomic mass is 16.4. The number of aromatic carboxylic acids is 1. The van der Waals surface area contributed by atoms with E-state index in [4.69, 9.17) is 0 Å². The number of hydrogen-bond acceptors (Lipinski definition) is 4. The van der Waals surface area contributed by atoms with Crippen LogP contribution in [0.15, 0.2) is 24.3 Å². The second-order valence-corrected chi connectivity index (χ2v) is 7.22. The molecule has 1 aromatic rings. The van der Waals surface area contributed by atoms with E-state index >= 15 is 0 Å². The monoisotopic (exact) mass is 332 g/mol. The van der Waals surface area contributed by atoms with Crippen LogP contribution >= 0.6 is 0 Å². The Morgan fingerprint density at radius 2 is 1.75 bits per heavy atom. The molecule has 24 heavy (non-hydrogen) atoms. The quantitative estimate of drug-likeness (QED) is 0.833. The lowest BCUT2D eigenvalue weighted by Gasteiger charge is -2.30. The number of piperidine rings is 1. The highest BCUT2D eigenvalue weighted by Gasteiger charge is 2.33. The Hall–Kier alpha value is -1.43. The fourth-order valence-corrected chi connectivity index (χ4v) is 4.16. The highest BCUT2D eigenvalue weighted by Crippen LogP contribution is 2.27. The predicted molar refractivity (Wildman–Crippen MR) is 93.0 cm³/mol. The molecule has 2 N–H and O–H groups in total. The Balaban J connectivity index is 1.62. The minimum Gasteiger partial charge on any atom is -0.478 e. The molecule has 0 unspecified atom stereocenters. The number of carboxylic acids is 1. The van der Waals surface area contributed by atoms with Crippen LogP contribution in [-0.2, 0) is 6.54 Å². The second kappa shape index (κ2) is 8.10. The van der Waals surface area contributed by atoms with E-state index in [2.05, 4.69) is 9.80 Å². The van der Waals surface area contributed by atoms with Gasteiger partial charge in [-0.2, -0.15) is 0 Å². The van der Waals surface area contributed by atoms with Crippen LogP contribution in [0.25, 0.3) is 0 Å². The first-order valence-electron chi connectivity index (χ1n) is 9.04. The van der Waals surface area contributed by atoms with Gasteiger partial charge < -0.3 is 15.1 Å². The summed E-state index contributed by atoms with van der Waals surface area (Å²) >= 11 is 0. The molecule has 0 spiro atoms. The van der Waals surface area contributed by atoms with E-state index in [1.54, 1.807) is 12.1 Å². The maximum Gasteiger partial charge on any atom is 0.336 e. The van der Waals surface area contributed by atoms with Crippen molar-refractivity contribution in [3.63, 3.8) is 0 Å². The molecule has 0 radical (unpaired) electrons. The second-order valence-electron chi connectivity index (χ2n) is 7.22. The Labute approximate surface area is 143 Å². The fraction of sp³-hybridized carbons (Fsp3) is 0.632. The van der Waals surface area contributed by atoms with Gasteiger partial charge in [-0.25, -0.2) is 4.79 Å². The number of aliphatic hydroxyl groups is 1. The number of benzene rings is 1. The van der Waals surface area contributed by atoms with Crippen molar-refractivity contribution in [3.8, 4) is 0 Å². The third kappa shape index (κ3) is 4.15. The molecule has 132 valence electrons. The summed E-state index contributed by atoms with van der Waals surface area (Å²) in [6.45, 7) is 6.07. The average molecular weight is 332 g/mol. The van der Waals surface area contributed by atoms with Gasteiger partial charge >= 0.3 is 5.97 Å². The molecule has 2 saturated heterocycles. The molecule has 2 aliphatic rings. The number of likely N-dealkylation sites (tertiary alicyclic amines) is 2. The van der Waals surface area contributed by atoms with Crippen molar-refractivity contribution in [3.05, 3.63) is 35.4 Å². The van der Waals surface area contributed by atoms with E-state index < -0.39 is 5.97 Å². The van der Waals surface area contributed by atoms with Gasteiger partial charge in [0.1, 0.15) is 0 Å². The lowest BCUT2D eigenvalue weighted by Crippen LogP contribution is -2.37. The standard InChI is InChI=1S/C19H28N2O3/c22-14-17-13-21(10-15-6-2-3-7-18(15)19(23)24)12-16(17)11-20-8-4-1-5-9-20/h2-3,6-7,16-17,22H,1,4-5,8-14H2,(H,23,24)/t16-,17-/m1/s1. The van der Waals surface area contributed by atoms with Crippen LogP contribution in [0.3, 0.4) is 0 Å². The van der Waals surface area contributed by atoms with Crippen molar-refractivity contribution in [2.24, 2.45) is 11.8 Å². The summed E-state index contributed by atoms with van der Waals surface area (Å²) in [6.07, 6.45) is 3.90. The lowest BCUT2D eigenvalue weighted by molar-refractivity contribution is 0.0694. The van der Waals surface area contributed by atoms with Crippen LogP contribution in [0.5, 0.6) is 0 Å². The van der Waals surface area contributed by atoms with Crippen molar-refractivity contribution in [1.82, 2.24) is 9.80 Å². The van der Waals surface area contributed by atoms with Crippen molar-refractivity contribution >= 4 is 5.97 Å². The molecule has 0 aliphatic carbocycles. The molecule has 2 fully saturated rings. The van der Waals surface area contributed by atoms with Crippen LogP contribution < -0.4 is 0 Å². The molecule has 2 heterocycles. The molecule has 5 heteroatoms. The zero-order valence-corrected chi connectivity index (χ0v) is 14.2. The molecule has 0 amide bonds. The topological polar surface area (TPSA) is 64.0 Å². The van der Waals surface area contributed by atoms with Crippen LogP contribution in [-0.4, -0.2) is 65.3 Å². The number of carbonyl (C=O) groups is 1. The summed E-state index contributed by atoms with van der Waals surface area (Å²) in [6, 6.07) is 7.23. The zero-order chi connectivity index (χ0) is 16.9. The number of carboxylic acid groups (broad SMARTS) is 1. The Bertz CT molecular complexity index is 557. The fourth-order valence-electron chi connectivity index (χ4n) is 4.16. The smallest absolute Gasteiger partial charge is 0.336 e. The van der Waals surface area contributed by atoms with Crippen LogP contribution in [0.2, 0.25) is 0 Å². The summed E-state index contributed by atoms with van der Waals surface area (Å²) in [5, 5.41) is 19.1. The van der Waals surface area contributed by atoms with Crippen molar-refractivity contribution < 1.29 is 15.0 Å². The number of nitrogens with zero attached hydrogens (tertiary/aromatic N) is 2. The molecule has 2 aliphatic heterocycles. The van der Waals surface area contributed by atoms with Gasteiger partial charge in [-0.15, -0.1) is 0 Å². The maximum atomic E-state index is 11.4. The predicted octanol–water partition coefficient (Wildman–Crippen LogP) is 1.91. The number of aliphatic hydroxyl groups excluding tert-OH is 1. The van der Waals surface area contributed by atoms with Gasteiger partial charge in [0, 0.05) is 32.8 Å². The Morgan fingerprint density at radius 3 is 2.46 bits per heavy atom. The van der Waals surface area contributed by atoms with Gasteiger partial charge in [-0.1, -0.05) is 24.6 Å². The largest absolute Gasteiger partial charge is 0.478 e. The van der Waals surface area contributed by atoms with Gasteiger partial charge in [0.25, 0.3) is 0 Å². The van der Waals surface area contributed by atoms with E-state index in [0.717, 1.165) is 25.2 Å². The van der Waals surface area contributed by atoms with Gasteiger partial charge in [-0.05, 0) is 49.4 Å². The molecule has 0 bridgehead atoms. The minimum atomic E-state index is -0.867. The average Bonchev–Trinajstić information content (AvgIpc) is 2.97. The SMILES string of the molecule is O=C(O)c1ccccc1CN1C[C@@H](CN2CCCCC2)[C@@H](CO)C1. The number of rotatable bonds is 6. The lowest BCUT2D eigenvalue weighted by atomic mass is 9.95. The summed E-state index contributed by atoms with van der Waals surface area (Å²) in [4.78, 5) is 16.2. The minimum absolute atomic E-state index is 0.218. The summed E-state index contributed by atoms with van der Waals surface area (Å²) in [5.41, 5.74) is 1.25. The van der Waals surface area contributed by atoms with Crippen molar-refractivity contribution in [2.75, 3.05) is 39.3 Å². The summed E-state index contributed by atoms with van der Waals surface area (Å²) in [5.74, 6) is -0.0950. The molecule has 0 aromatic heterocycles. The van der Waals surface area contributed by atoms with Gasteiger partial charge in [0.05, 0.1) is 5.56 Å². The first kappa shape index (κ1) is 17.4. The van der Waals surface area contributed by atoms with Gasteiger partial charge in [-0.3, -0.25) is 4.90 Å². The van der Waals surface area contributed by atoms with Gasteiger partial charge in [0.2, 0.25) is 0 Å². The van der Waals surface area contributed by atoms with Crippen molar-refractivity contribution in [2.45, 2.75) is 25.8 Å². The zero-order valence-electron chi connectivity index (χ0n) is 14.2. The summed E-state index contributed by atoms with van der Waals surface area (Å²) in [7, 11) is 0. The van der Waals surface area contributed by atoms with E-state index in [-0.39, 0.29) is 6.61 Å². The van der Waals surface area contributed by atoms with E-state index in [9.17, 15) is 15.0 Å². The molecular weight excluding hydrogens is 304 g/mol. The number of hydrogen-bond donors (Lipinski definition) is 2. The normalized spacial score (nSPS) is 25.9. The molecular formula is C19H28N2O3. The van der Waals surface area contributed by atoms with E-state index in [1.807, 2.05) is 12.1 Å².